The van der Waals surface area contributed by atoms with Crippen molar-refractivity contribution in [3.63, 3.8) is 0 Å². The molecule has 2 rings (SSSR count). The van der Waals surface area contributed by atoms with Gasteiger partial charge < -0.3 is 19.6 Å². The number of amides is 2. The Bertz CT molecular complexity index is 336. The summed E-state index contributed by atoms with van der Waals surface area (Å²) < 4.78 is 4.94. The van der Waals surface area contributed by atoms with Crippen molar-refractivity contribution < 1.29 is 19.4 Å². The molecule has 0 aromatic rings. The minimum atomic E-state index is -0.983. The second kappa shape index (κ2) is 6.23. The lowest BCUT2D eigenvalue weighted by Crippen LogP contribution is -2.46. The predicted octanol–water partition coefficient (Wildman–Crippen LogP) is 0.871. The standard InChI is InChI=1S/C13H22N2O4/c1-19-6-5-14(9-12(16)17)13(18)15-7-10-3-2-4-11(10)8-15/h10-11H,2-9H2,1H3,(H,16,17). The van der Waals surface area contributed by atoms with E-state index in [4.69, 9.17) is 9.84 Å². The summed E-state index contributed by atoms with van der Waals surface area (Å²) in [6, 6.07) is -0.158. The van der Waals surface area contributed by atoms with E-state index < -0.39 is 5.97 Å². The summed E-state index contributed by atoms with van der Waals surface area (Å²) >= 11 is 0. The zero-order valence-corrected chi connectivity index (χ0v) is 11.4. The zero-order chi connectivity index (χ0) is 13.8. The van der Waals surface area contributed by atoms with Gasteiger partial charge in [-0.25, -0.2) is 4.79 Å². The lowest BCUT2D eigenvalue weighted by Gasteiger charge is -2.27. The number of aliphatic carboxylic acids is 1. The maximum absolute atomic E-state index is 12.4. The first-order chi connectivity index (χ1) is 9.11. The van der Waals surface area contributed by atoms with Gasteiger partial charge in [-0.05, 0) is 24.7 Å². The summed E-state index contributed by atoms with van der Waals surface area (Å²) in [4.78, 5) is 26.4. The highest BCUT2D eigenvalue weighted by molar-refractivity contribution is 5.80. The van der Waals surface area contributed by atoms with Crippen molar-refractivity contribution in [2.75, 3.05) is 39.9 Å². The molecule has 2 aliphatic rings. The number of fused-ring (bicyclic) bond motifs is 1. The van der Waals surface area contributed by atoms with E-state index in [1.165, 1.54) is 24.2 Å². The van der Waals surface area contributed by atoms with E-state index in [-0.39, 0.29) is 12.6 Å². The zero-order valence-electron chi connectivity index (χ0n) is 11.4. The maximum Gasteiger partial charge on any atom is 0.323 e. The summed E-state index contributed by atoms with van der Waals surface area (Å²) in [5.74, 6) is 0.264. The summed E-state index contributed by atoms with van der Waals surface area (Å²) in [6.07, 6.45) is 3.66. The minimum absolute atomic E-state index is 0.158. The molecule has 0 bridgehead atoms. The Morgan fingerprint density at radius 3 is 2.47 bits per heavy atom. The number of nitrogens with zero attached hydrogens (tertiary/aromatic N) is 2. The van der Waals surface area contributed by atoms with E-state index in [2.05, 4.69) is 0 Å². The van der Waals surface area contributed by atoms with E-state index in [0.29, 0.717) is 25.0 Å². The molecule has 2 unspecified atom stereocenters. The lowest BCUT2D eigenvalue weighted by molar-refractivity contribution is -0.137. The Morgan fingerprint density at radius 2 is 1.95 bits per heavy atom. The molecular weight excluding hydrogens is 248 g/mol. The van der Waals surface area contributed by atoms with Crippen molar-refractivity contribution in [1.29, 1.82) is 0 Å². The van der Waals surface area contributed by atoms with Crippen LogP contribution in [0.1, 0.15) is 19.3 Å². The number of hydrogen-bond donors (Lipinski definition) is 1. The fraction of sp³-hybridized carbons (Fsp3) is 0.846. The molecule has 1 heterocycles. The number of ether oxygens (including phenoxy) is 1. The van der Waals surface area contributed by atoms with Gasteiger partial charge >= 0.3 is 12.0 Å². The summed E-state index contributed by atoms with van der Waals surface area (Å²) in [6.45, 7) is 2.00. The molecule has 2 fully saturated rings. The molecule has 1 N–H and O–H groups in total. The van der Waals surface area contributed by atoms with Gasteiger partial charge in [0.15, 0.2) is 0 Å². The normalized spacial score (nSPS) is 25.4. The van der Waals surface area contributed by atoms with Gasteiger partial charge in [-0.1, -0.05) is 6.42 Å². The van der Waals surface area contributed by atoms with Crippen molar-refractivity contribution in [2.24, 2.45) is 11.8 Å². The van der Waals surface area contributed by atoms with E-state index >= 15 is 0 Å². The quantitative estimate of drug-likeness (QED) is 0.805. The number of likely N-dealkylation sites (tertiary alicyclic amines) is 1. The Hall–Kier alpha value is -1.30. The van der Waals surface area contributed by atoms with Gasteiger partial charge in [0, 0.05) is 26.7 Å². The van der Waals surface area contributed by atoms with Crippen molar-refractivity contribution in [3.05, 3.63) is 0 Å². The number of rotatable bonds is 5. The molecule has 0 aromatic carbocycles. The monoisotopic (exact) mass is 270 g/mol. The van der Waals surface area contributed by atoms with Crippen LogP contribution in [0.15, 0.2) is 0 Å². The smallest absolute Gasteiger partial charge is 0.323 e. The Kier molecular flexibility index (Phi) is 4.63. The second-order valence-corrected chi connectivity index (χ2v) is 5.45. The second-order valence-electron chi connectivity index (χ2n) is 5.45. The van der Waals surface area contributed by atoms with Gasteiger partial charge in [-0.3, -0.25) is 4.79 Å². The highest BCUT2D eigenvalue weighted by Gasteiger charge is 2.39. The van der Waals surface area contributed by atoms with Crippen LogP contribution < -0.4 is 0 Å². The van der Waals surface area contributed by atoms with E-state index in [1.807, 2.05) is 4.90 Å². The van der Waals surface area contributed by atoms with Gasteiger partial charge in [0.1, 0.15) is 6.54 Å². The van der Waals surface area contributed by atoms with Crippen LogP contribution in [0, 0.1) is 11.8 Å². The molecular formula is C13H22N2O4. The SMILES string of the molecule is COCCN(CC(=O)O)C(=O)N1CC2CCCC2C1. The Balaban J connectivity index is 1.92. The van der Waals surface area contributed by atoms with Crippen LogP contribution in [-0.2, 0) is 9.53 Å². The topological polar surface area (TPSA) is 70.1 Å². The molecule has 6 nitrogen and oxygen atoms in total. The molecule has 2 atom stereocenters. The van der Waals surface area contributed by atoms with Gasteiger partial charge in [-0.2, -0.15) is 0 Å². The van der Waals surface area contributed by atoms with Crippen LogP contribution >= 0.6 is 0 Å². The lowest BCUT2D eigenvalue weighted by atomic mass is 10.0. The molecule has 0 radical (unpaired) electrons. The first kappa shape index (κ1) is 14.1. The van der Waals surface area contributed by atoms with Crippen molar-refractivity contribution >= 4 is 12.0 Å². The number of carbonyl (C=O) groups excluding carboxylic acids is 1. The van der Waals surface area contributed by atoms with Crippen LogP contribution in [0.25, 0.3) is 0 Å². The van der Waals surface area contributed by atoms with E-state index in [1.54, 1.807) is 7.11 Å². The highest BCUT2D eigenvalue weighted by Crippen LogP contribution is 2.37. The minimum Gasteiger partial charge on any atom is -0.480 e. The molecule has 2 amide bonds. The highest BCUT2D eigenvalue weighted by atomic mass is 16.5. The molecule has 108 valence electrons. The van der Waals surface area contributed by atoms with Crippen LogP contribution in [0.3, 0.4) is 0 Å². The molecule has 6 heteroatoms. The van der Waals surface area contributed by atoms with Gasteiger partial charge in [0.2, 0.25) is 0 Å². The summed E-state index contributed by atoms with van der Waals surface area (Å²) in [5, 5.41) is 8.88. The molecule has 0 aromatic heterocycles. The fourth-order valence-electron chi connectivity index (χ4n) is 3.20. The van der Waals surface area contributed by atoms with Crippen molar-refractivity contribution in [2.45, 2.75) is 19.3 Å². The summed E-state index contributed by atoms with van der Waals surface area (Å²) in [7, 11) is 1.55. The third-order valence-electron chi connectivity index (χ3n) is 4.16. The van der Waals surface area contributed by atoms with Crippen molar-refractivity contribution in [1.82, 2.24) is 9.80 Å². The number of carboxylic acids is 1. The number of urea groups is 1. The average molecular weight is 270 g/mol. The maximum atomic E-state index is 12.4. The van der Waals surface area contributed by atoms with Crippen LogP contribution in [0.5, 0.6) is 0 Å². The molecule has 1 aliphatic carbocycles. The van der Waals surface area contributed by atoms with Gasteiger partial charge in [-0.15, -0.1) is 0 Å². The van der Waals surface area contributed by atoms with Crippen molar-refractivity contribution in [3.8, 4) is 0 Å². The average Bonchev–Trinajstić information content (AvgIpc) is 2.93. The first-order valence-corrected chi connectivity index (χ1v) is 6.86. The fourth-order valence-corrected chi connectivity index (χ4v) is 3.20. The van der Waals surface area contributed by atoms with Gasteiger partial charge in [0.05, 0.1) is 6.61 Å². The molecule has 1 saturated heterocycles. The predicted molar refractivity (Wildman–Crippen MR) is 68.9 cm³/mol. The number of hydrogen-bond acceptors (Lipinski definition) is 3. The van der Waals surface area contributed by atoms with Crippen LogP contribution in [0.4, 0.5) is 4.79 Å². The number of carbonyl (C=O) groups is 2. The third-order valence-corrected chi connectivity index (χ3v) is 4.16. The third kappa shape index (κ3) is 3.37. The summed E-state index contributed by atoms with van der Waals surface area (Å²) in [5.41, 5.74) is 0. The number of carboxylic acid groups (broad SMARTS) is 1. The molecule has 1 aliphatic heterocycles. The molecule has 19 heavy (non-hydrogen) atoms. The molecule has 1 saturated carbocycles. The largest absolute Gasteiger partial charge is 0.480 e. The Morgan fingerprint density at radius 1 is 1.32 bits per heavy atom. The van der Waals surface area contributed by atoms with E-state index in [9.17, 15) is 9.59 Å². The first-order valence-electron chi connectivity index (χ1n) is 6.86. The molecule has 0 spiro atoms. The van der Waals surface area contributed by atoms with Crippen LogP contribution in [0.2, 0.25) is 0 Å². The Labute approximate surface area is 113 Å². The van der Waals surface area contributed by atoms with E-state index in [0.717, 1.165) is 13.1 Å². The van der Waals surface area contributed by atoms with Crippen LogP contribution in [-0.4, -0.2) is 66.8 Å². The number of methoxy groups -OCH3 is 1. The van der Waals surface area contributed by atoms with Gasteiger partial charge in [0.25, 0.3) is 0 Å².